The van der Waals surface area contributed by atoms with E-state index in [1.807, 2.05) is 6.07 Å². The predicted octanol–water partition coefficient (Wildman–Crippen LogP) is 4.08. The Balaban J connectivity index is 1.96. The first-order chi connectivity index (χ1) is 13.6. The molecule has 0 fully saturated rings. The molecule has 0 spiro atoms. The molecule has 1 unspecified atom stereocenters. The molecule has 10 heteroatoms. The van der Waals surface area contributed by atoms with Crippen molar-refractivity contribution in [1.82, 2.24) is 4.98 Å². The molecule has 0 N–H and O–H groups in total. The third-order valence-corrected chi connectivity index (χ3v) is 6.68. The second kappa shape index (κ2) is 8.53. The molecule has 0 bridgehead atoms. The lowest BCUT2D eigenvalue weighted by molar-refractivity contribution is -0.335. The lowest BCUT2D eigenvalue weighted by Crippen LogP contribution is -2.30. The van der Waals surface area contributed by atoms with Crippen LogP contribution in [0.1, 0.15) is 32.4 Å². The van der Waals surface area contributed by atoms with E-state index in [1.54, 1.807) is 29.6 Å². The number of carbonyl (C=O) groups is 1. The molecule has 2 aromatic carbocycles. The van der Waals surface area contributed by atoms with Crippen molar-refractivity contribution in [3.8, 4) is 0 Å². The van der Waals surface area contributed by atoms with Gasteiger partial charge in [-0.25, -0.2) is 4.98 Å². The predicted molar refractivity (Wildman–Crippen MR) is 105 cm³/mol. The minimum atomic E-state index is -6.18. The van der Waals surface area contributed by atoms with Crippen LogP contribution in [-0.2, 0) is 16.6 Å². The summed E-state index contributed by atoms with van der Waals surface area (Å²) in [5.74, 6) is -0.814. The van der Waals surface area contributed by atoms with E-state index < -0.39 is 24.7 Å². The largest absolute Gasteiger partial charge is 0.806 e. The van der Waals surface area contributed by atoms with Crippen LogP contribution >= 0.6 is 34.9 Å². The molecule has 1 heterocycles. The number of benzene rings is 2. The Bertz CT molecular complexity index is 1060. The van der Waals surface area contributed by atoms with E-state index in [9.17, 15) is 27.9 Å². The van der Waals surface area contributed by atoms with Gasteiger partial charge in [-0.05, 0) is 23.6 Å². The molecular weight excluding hydrogens is 487 g/mol. The molecule has 0 aliphatic heterocycles. The first-order valence-corrected chi connectivity index (χ1v) is 11.5. The van der Waals surface area contributed by atoms with Crippen LogP contribution in [0.5, 0.6) is 0 Å². The third-order valence-electron chi connectivity index (χ3n) is 4.30. The summed E-state index contributed by atoms with van der Waals surface area (Å²) >= 11 is 4.13. The summed E-state index contributed by atoms with van der Waals surface area (Å²) in [6.07, 6.45) is 1.71. The van der Waals surface area contributed by atoms with Crippen LogP contribution in [-0.4, -0.2) is 10.8 Å². The standard InChI is InChI=1S/C19H15BrF2NO4PS/c20-16-11-12(6-7-15(16)19(21,22)28(25,26)27)10-14(13-4-2-1-3-5-13)17(24)18-23-8-9-29-18/h1-9,11,14H,10H2,(H2,25,26,27)/p-2. The molecule has 0 saturated heterocycles. The van der Waals surface area contributed by atoms with Crippen molar-refractivity contribution in [3.05, 3.63) is 86.3 Å². The highest BCUT2D eigenvalue weighted by Crippen LogP contribution is 2.54. The Hall–Kier alpha value is -1.77. The molecule has 0 amide bonds. The monoisotopic (exact) mass is 499 g/mol. The molecule has 1 aromatic heterocycles. The highest BCUT2D eigenvalue weighted by Gasteiger charge is 2.38. The summed E-state index contributed by atoms with van der Waals surface area (Å²) in [6.45, 7) is 0. The highest BCUT2D eigenvalue weighted by molar-refractivity contribution is 9.10. The molecular formula is C19H13BrF2NO4PS-2. The van der Waals surface area contributed by atoms with Gasteiger partial charge in [-0.15, -0.1) is 11.3 Å². The van der Waals surface area contributed by atoms with E-state index in [0.29, 0.717) is 10.6 Å². The fraction of sp³-hybridized carbons (Fsp3) is 0.158. The molecule has 0 radical (unpaired) electrons. The van der Waals surface area contributed by atoms with Crippen molar-refractivity contribution in [2.75, 3.05) is 0 Å². The maximum atomic E-state index is 13.9. The van der Waals surface area contributed by atoms with Gasteiger partial charge in [0.25, 0.3) is 5.66 Å². The zero-order valence-corrected chi connectivity index (χ0v) is 17.9. The van der Waals surface area contributed by atoms with E-state index in [1.165, 1.54) is 29.7 Å². The number of hydrogen-bond donors (Lipinski definition) is 0. The van der Waals surface area contributed by atoms with Gasteiger partial charge in [-0.2, -0.15) is 8.78 Å². The minimum absolute atomic E-state index is 0.180. The Morgan fingerprint density at radius 1 is 1.21 bits per heavy atom. The van der Waals surface area contributed by atoms with E-state index in [2.05, 4.69) is 20.9 Å². The molecule has 0 aliphatic carbocycles. The molecule has 152 valence electrons. The number of halogens is 3. The van der Waals surface area contributed by atoms with Crippen LogP contribution in [0, 0.1) is 0 Å². The summed E-state index contributed by atoms with van der Waals surface area (Å²) in [5.41, 5.74) is -4.22. The maximum Gasteiger partial charge on any atom is 0.297 e. The SMILES string of the molecule is O=C(c1nccs1)C(Cc1ccc(C(F)(F)P(=O)([O-])[O-])c(Br)c1)c1ccccc1. The number of alkyl halides is 2. The van der Waals surface area contributed by atoms with Crippen molar-refractivity contribution in [2.24, 2.45) is 0 Å². The van der Waals surface area contributed by atoms with Crippen LogP contribution in [0.15, 0.2) is 64.6 Å². The highest BCUT2D eigenvalue weighted by atomic mass is 79.9. The molecule has 0 aliphatic rings. The minimum Gasteiger partial charge on any atom is -0.806 e. The number of nitrogens with zero attached hydrogens (tertiary/aromatic N) is 1. The second-order valence-electron chi connectivity index (χ2n) is 6.22. The third kappa shape index (κ3) is 4.70. The van der Waals surface area contributed by atoms with Crippen LogP contribution in [0.2, 0.25) is 0 Å². The Kier molecular flexibility index (Phi) is 6.45. The van der Waals surface area contributed by atoms with Crippen molar-refractivity contribution in [1.29, 1.82) is 0 Å². The fourth-order valence-corrected chi connectivity index (χ4v) is 4.80. The van der Waals surface area contributed by atoms with Crippen LogP contribution < -0.4 is 9.79 Å². The molecule has 3 rings (SSSR count). The van der Waals surface area contributed by atoms with Gasteiger partial charge in [0, 0.05) is 29.2 Å². The number of thiazole rings is 1. The van der Waals surface area contributed by atoms with Crippen LogP contribution in [0.4, 0.5) is 8.78 Å². The Morgan fingerprint density at radius 3 is 2.45 bits per heavy atom. The smallest absolute Gasteiger partial charge is 0.297 e. The fourth-order valence-electron chi connectivity index (χ4n) is 2.85. The van der Waals surface area contributed by atoms with Gasteiger partial charge < -0.3 is 14.4 Å². The molecule has 0 saturated carbocycles. The van der Waals surface area contributed by atoms with Crippen molar-refractivity contribution >= 4 is 40.6 Å². The molecule has 5 nitrogen and oxygen atoms in total. The van der Waals surface area contributed by atoms with Crippen LogP contribution in [0.3, 0.4) is 0 Å². The van der Waals surface area contributed by atoms with Gasteiger partial charge in [0.1, 0.15) is 0 Å². The summed E-state index contributed by atoms with van der Waals surface area (Å²) in [7, 11) is -6.18. The average Bonchev–Trinajstić information content (AvgIpc) is 3.20. The molecule has 29 heavy (non-hydrogen) atoms. The summed E-state index contributed by atoms with van der Waals surface area (Å²) < 4.78 is 38.5. The van der Waals surface area contributed by atoms with Crippen molar-refractivity contribution < 1.29 is 27.9 Å². The number of aromatic nitrogens is 1. The van der Waals surface area contributed by atoms with Gasteiger partial charge in [0.15, 0.2) is 10.8 Å². The lowest BCUT2D eigenvalue weighted by atomic mass is 9.88. The Morgan fingerprint density at radius 2 is 1.90 bits per heavy atom. The number of hydrogen-bond acceptors (Lipinski definition) is 6. The summed E-state index contributed by atoms with van der Waals surface area (Å²) in [4.78, 5) is 38.9. The summed E-state index contributed by atoms with van der Waals surface area (Å²) in [5, 5.41) is 2.02. The molecule has 1 atom stereocenters. The lowest BCUT2D eigenvalue weighted by Gasteiger charge is -2.38. The number of ketones is 1. The van der Waals surface area contributed by atoms with Gasteiger partial charge in [0.2, 0.25) is 0 Å². The van der Waals surface area contributed by atoms with Crippen LogP contribution in [0.25, 0.3) is 0 Å². The van der Waals surface area contributed by atoms with Crippen molar-refractivity contribution in [2.45, 2.75) is 18.0 Å². The van der Waals surface area contributed by atoms with E-state index >= 15 is 0 Å². The average molecular weight is 500 g/mol. The topological polar surface area (TPSA) is 93.2 Å². The number of carbonyl (C=O) groups excluding carboxylic acids is 1. The Labute approximate surface area is 177 Å². The number of Topliss-reactive ketones (excluding diaryl/α,β-unsaturated/α-hetero) is 1. The summed E-state index contributed by atoms with van der Waals surface area (Å²) in [6, 6.07) is 12.4. The number of rotatable bonds is 7. The maximum absolute atomic E-state index is 13.9. The van der Waals surface area contributed by atoms with Gasteiger partial charge in [-0.3, -0.25) is 4.79 Å². The normalized spacial score (nSPS) is 13.3. The quantitative estimate of drug-likeness (QED) is 0.360. The first kappa shape index (κ1) is 21.9. The van der Waals surface area contributed by atoms with Gasteiger partial charge in [0.05, 0.1) is 5.92 Å². The van der Waals surface area contributed by atoms with E-state index in [4.69, 9.17) is 0 Å². The second-order valence-corrected chi connectivity index (χ2v) is 9.53. The van der Waals surface area contributed by atoms with E-state index in [-0.39, 0.29) is 16.7 Å². The van der Waals surface area contributed by atoms with E-state index in [0.717, 1.165) is 11.6 Å². The molecule has 3 aromatic rings. The van der Waals surface area contributed by atoms with Crippen molar-refractivity contribution in [3.63, 3.8) is 0 Å². The van der Waals surface area contributed by atoms with Gasteiger partial charge >= 0.3 is 0 Å². The first-order valence-electron chi connectivity index (χ1n) is 8.29. The zero-order chi connectivity index (χ0) is 21.2. The zero-order valence-electron chi connectivity index (χ0n) is 14.6. The van der Waals surface area contributed by atoms with Gasteiger partial charge in [-0.1, -0.05) is 58.4 Å².